The van der Waals surface area contributed by atoms with Gasteiger partial charge in [-0.05, 0) is 35.4 Å². The highest BCUT2D eigenvalue weighted by atomic mass is 19.4. The number of halogens is 6. The monoisotopic (exact) mass is 391 g/mol. The van der Waals surface area contributed by atoms with Crippen LogP contribution in [0.2, 0.25) is 0 Å². The van der Waals surface area contributed by atoms with Gasteiger partial charge in [-0.2, -0.15) is 31.6 Å². The normalized spacial score (nSPS) is 15.7. The zero-order chi connectivity index (χ0) is 20.4. The number of pyridine rings is 2. The molecule has 2 aromatic rings. The third-order valence-corrected chi connectivity index (χ3v) is 3.66. The van der Waals surface area contributed by atoms with Gasteiger partial charge >= 0.3 is 12.4 Å². The molecule has 0 aromatic carbocycles. The second-order valence-electron chi connectivity index (χ2n) is 5.49. The largest absolute Gasteiger partial charge is 0.433 e. The van der Waals surface area contributed by atoms with Gasteiger partial charge in [-0.25, -0.2) is 0 Å². The predicted octanol–water partition coefficient (Wildman–Crippen LogP) is 3.42. The first kappa shape index (κ1) is 20.6. The van der Waals surface area contributed by atoms with Crippen LogP contribution in [0.25, 0.3) is 0 Å². The minimum atomic E-state index is -4.80. The van der Waals surface area contributed by atoms with E-state index in [0.717, 1.165) is 24.5 Å². The quantitative estimate of drug-likeness (QED) is 0.780. The fraction of sp³-hybridized carbons (Fsp3) is 0.312. The van der Waals surface area contributed by atoms with Crippen LogP contribution in [0.15, 0.2) is 36.7 Å². The van der Waals surface area contributed by atoms with Crippen LogP contribution in [0.1, 0.15) is 34.7 Å². The lowest BCUT2D eigenvalue weighted by Crippen LogP contribution is -2.21. The van der Waals surface area contributed by atoms with Crippen molar-refractivity contribution in [2.24, 2.45) is 5.92 Å². The molecule has 5 nitrogen and oxygen atoms in total. The molecule has 2 N–H and O–H groups in total. The van der Waals surface area contributed by atoms with Gasteiger partial charge < -0.3 is 10.2 Å². The molecule has 0 radical (unpaired) electrons. The number of hydrogen-bond donors (Lipinski definition) is 2. The summed E-state index contributed by atoms with van der Waals surface area (Å²) in [4.78, 5) is 6.21. The van der Waals surface area contributed by atoms with Gasteiger partial charge in [0.25, 0.3) is 0 Å². The smallest absolute Gasteiger partial charge is 0.387 e. The first-order chi connectivity index (χ1) is 12.4. The molecule has 0 fully saturated rings. The molecule has 0 saturated heterocycles. The lowest BCUT2D eigenvalue weighted by molar-refractivity contribution is -0.142. The van der Waals surface area contributed by atoms with Crippen LogP contribution in [0.5, 0.6) is 0 Å². The summed E-state index contributed by atoms with van der Waals surface area (Å²) in [5, 5.41) is 29.6. The molecule has 2 unspecified atom stereocenters. The van der Waals surface area contributed by atoms with Crippen LogP contribution >= 0.6 is 0 Å². The standard InChI is InChI=1S/C16H11F6N3O2/c17-15(18,19)11-5-8(1-3-24-11)13(26)10(7-23)14(27)9-2-4-25-12(6-9)16(20,21)22/h1-6,10,13-14,26-27H. The summed E-state index contributed by atoms with van der Waals surface area (Å²) >= 11 is 0. The minimum Gasteiger partial charge on any atom is -0.387 e. The topological polar surface area (TPSA) is 90.0 Å². The van der Waals surface area contributed by atoms with E-state index in [4.69, 9.17) is 0 Å². The minimum absolute atomic E-state index is 0.368. The number of aliphatic hydroxyl groups excluding tert-OH is 2. The fourth-order valence-electron chi connectivity index (χ4n) is 2.30. The van der Waals surface area contributed by atoms with Crippen LogP contribution in [0.3, 0.4) is 0 Å². The van der Waals surface area contributed by atoms with Gasteiger partial charge in [-0.15, -0.1) is 0 Å². The summed E-state index contributed by atoms with van der Waals surface area (Å²) in [6, 6.07) is 4.51. The molecule has 0 amide bonds. The van der Waals surface area contributed by atoms with Crippen molar-refractivity contribution in [3.8, 4) is 6.07 Å². The molecule has 144 valence electrons. The van der Waals surface area contributed by atoms with Gasteiger partial charge in [0.05, 0.1) is 18.3 Å². The van der Waals surface area contributed by atoms with E-state index in [1.165, 1.54) is 6.07 Å². The lowest BCUT2D eigenvalue weighted by atomic mass is 9.88. The summed E-state index contributed by atoms with van der Waals surface area (Å²) in [7, 11) is 0. The van der Waals surface area contributed by atoms with Gasteiger partial charge in [0.1, 0.15) is 17.3 Å². The molecule has 0 saturated carbocycles. The highest BCUT2D eigenvalue weighted by Crippen LogP contribution is 2.36. The average Bonchev–Trinajstić information content (AvgIpc) is 2.61. The maximum Gasteiger partial charge on any atom is 0.433 e. The van der Waals surface area contributed by atoms with E-state index in [0.29, 0.717) is 12.1 Å². The van der Waals surface area contributed by atoms with Crippen molar-refractivity contribution in [3.05, 3.63) is 59.2 Å². The Hall–Kier alpha value is -2.71. The van der Waals surface area contributed by atoms with Crippen LogP contribution in [0, 0.1) is 17.2 Å². The Labute approximate surface area is 148 Å². The van der Waals surface area contributed by atoms with Crippen molar-refractivity contribution in [2.75, 3.05) is 0 Å². The third-order valence-electron chi connectivity index (χ3n) is 3.66. The summed E-state index contributed by atoms with van der Waals surface area (Å²) in [5.41, 5.74) is -3.39. The van der Waals surface area contributed by atoms with E-state index in [2.05, 4.69) is 9.97 Å². The number of nitriles is 1. The molecule has 27 heavy (non-hydrogen) atoms. The summed E-state index contributed by atoms with van der Waals surface area (Å²) in [6.45, 7) is 0. The van der Waals surface area contributed by atoms with Crippen LogP contribution in [-0.4, -0.2) is 20.2 Å². The fourth-order valence-corrected chi connectivity index (χ4v) is 2.30. The number of rotatable bonds is 4. The first-order valence-corrected chi connectivity index (χ1v) is 7.27. The highest BCUT2D eigenvalue weighted by molar-refractivity contribution is 5.27. The van der Waals surface area contributed by atoms with Crippen molar-refractivity contribution in [1.82, 2.24) is 9.97 Å². The Morgan fingerprint density at radius 1 is 0.815 bits per heavy atom. The van der Waals surface area contributed by atoms with Crippen LogP contribution in [-0.2, 0) is 12.4 Å². The maximum absolute atomic E-state index is 12.7. The van der Waals surface area contributed by atoms with Gasteiger partial charge in [0.2, 0.25) is 0 Å². The second kappa shape index (κ2) is 7.50. The lowest BCUT2D eigenvalue weighted by Gasteiger charge is -2.23. The molecule has 11 heteroatoms. The molecule has 0 aliphatic rings. The Morgan fingerprint density at radius 3 is 1.48 bits per heavy atom. The van der Waals surface area contributed by atoms with Gasteiger partial charge in [-0.3, -0.25) is 9.97 Å². The Kier molecular flexibility index (Phi) is 5.72. The SMILES string of the molecule is N#CC(C(O)c1ccnc(C(F)(F)F)c1)C(O)c1ccnc(C(F)(F)F)c1. The molecular formula is C16H11F6N3O2. The highest BCUT2D eigenvalue weighted by Gasteiger charge is 2.36. The van der Waals surface area contributed by atoms with E-state index in [1.54, 1.807) is 0 Å². The molecule has 2 heterocycles. The van der Waals surface area contributed by atoms with Gasteiger partial charge in [-0.1, -0.05) is 0 Å². The number of aliphatic hydroxyl groups is 2. The van der Waals surface area contributed by atoms with Crippen LogP contribution < -0.4 is 0 Å². The predicted molar refractivity (Wildman–Crippen MR) is 77.5 cm³/mol. The second-order valence-corrected chi connectivity index (χ2v) is 5.49. The molecule has 0 bridgehead atoms. The third kappa shape index (κ3) is 4.72. The number of alkyl halides is 6. The van der Waals surface area contributed by atoms with E-state index < -0.39 is 41.9 Å². The molecular weight excluding hydrogens is 380 g/mol. The first-order valence-electron chi connectivity index (χ1n) is 7.27. The van der Waals surface area contributed by atoms with Gasteiger partial charge in [0, 0.05) is 12.4 Å². The Bertz CT molecular complexity index is 784. The van der Waals surface area contributed by atoms with Crippen molar-refractivity contribution in [1.29, 1.82) is 5.26 Å². The van der Waals surface area contributed by atoms with Crippen LogP contribution in [0.4, 0.5) is 26.3 Å². The van der Waals surface area contributed by atoms with Crippen molar-refractivity contribution < 1.29 is 36.6 Å². The Balaban J connectivity index is 2.35. The maximum atomic E-state index is 12.7. The van der Waals surface area contributed by atoms with E-state index in [9.17, 15) is 41.8 Å². The van der Waals surface area contributed by atoms with Crippen molar-refractivity contribution in [3.63, 3.8) is 0 Å². The molecule has 0 aliphatic carbocycles. The van der Waals surface area contributed by atoms with Gasteiger partial charge in [0.15, 0.2) is 0 Å². The summed E-state index contributed by atoms with van der Waals surface area (Å²) < 4.78 is 76.3. The van der Waals surface area contributed by atoms with Crippen molar-refractivity contribution in [2.45, 2.75) is 24.6 Å². The number of hydrogen-bond acceptors (Lipinski definition) is 5. The van der Waals surface area contributed by atoms with E-state index in [-0.39, 0.29) is 11.1 Å². The molecule has 2 atom stereocenters. The summed E-state index contributed by atoms with van der Waals surface area (Å²) in [5.74, 6) is -1.74. The van der Waals surface area contributed by atoms with Crippen molar-refractivity contribution >= 4 is 0 Å². The number of nitrogens with zero attached hydrogens (tertiary/aromatic N) is 3. The summed E-state index contributed by atoms with van der Waals surface area (Å²) in [6.07, 6.45) is -11.9. The Morgan fingerprint density at radius 2 is 1.19 bits per heavy atom. The average molecular weight is 391 g/mol. The molecule has 2 rings (SSSR count). The van der Waals surface area contributed by atoms with E-state index in [1.807, 2.05) is 0 Å². The number of aromatic nitrogens is 2. The molecule has 0 aliphatic heterocycles. The van der Waals surface area contributed by atoms with E-state index >= 15 is 0 Å². The molecule has 2 aromatic heterocycles. The zero-order valence-electron chi connectivity index (χ0n) is 13.2. The zero-order valence-corrected chi connectivity index (χ0v) is 13.2. The molecule has 0 spiro atoms.